The first-order valence-electron chi connectivity index (χ1n) is 17.5. The van der Waals surface area contributed by atoms with Crippen molar-refractivity contribution in [2.75, 3.05) is 20.3 Å². The molecule has 1 saturated carbocycles. The molecule has 0 bridgehead atoms. The maximum absolute atomic E-state index is 13.6. The average Bonchev–Trinajstić information content (AvgIpc) is 3.90. The fourth-order valence-corrected chi connectivity index (χ4v) is 6.49. The fourth-order valence-electron chi connectivity index (χ4n) is 6.49. The molecule has 2 fully saturated rings. The number of aliphatic hydroxyl groups excluding tert-OH is 1. The van der Waals surface area contributed by atoms with Crippen LogP contribution in [0.4, 0.5) is 31.1 Å². The molecule has 1 amide bonds. The van der Waals surface area contributed by atoms with Gasteiger partial charge in [0.15, 0.2) is 0 Å². The van der Waals surface area contributed by atoms with E-state index in [0.29, 0.717) is 35.0 Å². The molecule has 1 aromatic carbocycles. The van der Waals surface area contributed by atoms with Gasteiger partial charge in [-0.15, -0.1) is 0 Å². The molecule has 1 aliphatic carbocycles. The maximum Gasteiger partial charge on any atom is 0.416 e. The minimum Gasteiger partial charge on any atom is -0.496 e. The molecular formula is C39H48F6N2O4. The first kappa shape index (κ1) is 40.0. The summed E-state index contributed by atoms with van der Waals surface area (Å²) in [6, 6.07) is -0.242. The van der Waals surface area contributed by atoms with Crippen molar-refractivity contribution in [2.45, 2.75) is 103 Å². The smallest absolute Gasteiger partial charge is 0.416 e. The van der Waals surface area contributed by atoms with Crippen molar-refractivity contribution in [1.29, 1.82) is 0 Å². The Morgan fingerprint density at radius 1 is 1.06 bits per heavy atom. The van der Waals surface area contributed by atoms with Crippen molar-refractivity contribution < 1.29 is 45.7 Å². The first-order valence-corrected chi connectivity index (χ1v) is 17.5. The lowest BCUT2D eigenvalue weighted by Gasteiger charge is -2.24. The second-order valence-corrected chi connectivity index (χ2v) is 13.6. The van der Waals surface area contributed by atoms with Crippen molar-refractivity contribution in [3.63, 3.8) is 0 Å². The second kappa shape index (κ2) is 17.1. The Kier molecular flexibility index (Phi) is 13.4. The number of aliphatic hydroxyl groups is 1. The van der Waals surface area contributed by atoms with E-state index in [1.807, 2.05) is 30.4 Å². The third-order valence-corrected chi connectivity index (χ3v) is 9.70. The van der Waals surface area contributed by atoms with E-state index in [-0.39, 0.29) is 25.1 Å². The molecule has 1 aromatic rings. The Morgan fingerprint density at radius 3 is 2.27 bits per heavy atom. The van der Waals surface area contributed by atoms with Crippen molar-refractivity contribution in [2.24, 2.45) is 16.8 Å². The van der Waals surface area contributed by atoms with Gasteiger partial charge in [-0.3, -0.25) is 9.89 Å². The Balaban J connectivity index is 1.60. The predicted octanol–water partition coefficient (Wildman–Crippen LogP) is 10.3. The van der Waals surface area contributed by atoms with Gasteiger partial charge in [0.25, 0.3) is 0 Å². The van der Waals surface area contributed by atoms with Crippen molar-refractivity contribution in [3.05, 3.63) is 94.3 Å². The Labute approximate surface area is 296 Å². The summed E-state index contributed by atoms with van der Waals surface area (Å²) in [7, 11) is 1.56. The van der Waals surface area contributed by atoms with Crippen LogP contribution in [0.5, 0.6) is 0 Å². The van der Waals surface area contributed by atoms with E-state index in [9.17, 15) is 36.2 Å². The summed E-state index contributed by atoms with van der Waals surface area (Å²) in [4.78, 5) is 19.4. The molecule has 4 atom stereocenters. The molecule has 3 aliphatic rings. The van der Waals surface area contributed by atoms with E-state index >= 15 is 0 Å². The van der Waals surface area contributed by atoms with Crippen molar-refractivity contribution in [1.82, 2.24) is 4.90 Å². The molecule has 2 aliphatic heterocycles. The van der Waals surface area contributed by atoms with Gasteiger partial charge in [-0.25, -0.2) is 4.79 Å². The van der Waals surface area contributed by atoms with Crippen LogP contribution in [0, 0.1) is 11.8 Å². The zero-order chi connectivity index (χ0) is 37.5. The predicted molar refractivity (Wildman–Crippen MR) is 185 cm³/mol. The summed E-state index contributed by atoms with van der Waals surface area (Å²) < 4.78 is 92.8. The number of cyclic esters (lactones) is 1. The lowest BCUT2D eigenvalue weighted by Crippen LogP contribution is -2.37. The summed E-state index contributed by atoms with van der Waals surface area (Å²) in [6.07, 6.45) is 5.12. The van der Waals surface area contributed by atoms with Crippen LogP contribution in [0.2, 0.25) is 0 Å². The number of nitrogens with zero attached hydrogens (tertiary/aromatic N) is 2. The van der Waals surface area contributed by atoms with Crippen LogP contribution in [0.1, 0.15) is 94.9 Å². The monoisotopic (exact) mass is 722 g/mol. The van der Waals surface area contributed by atoms with E-state index in [1.54, 1.807) is 7.11 Å². The van der Waals surface area contributed by atoms with Gasteiger partial charge in [0.1, 0.15) is 11.9 Å². The highest BCUT2D eigenvalue weighted by Gasteiger charge is 2.44. The lowest BCUT2D eigenvalue weighted by atomic mass is 9.89. The largest absolute Gasteiger partial charge is 0.496 e. The van der Waals surface area contributed by atoms with Gasteiger partial charge in [0.05, 0.1) is 36.9 Å². The van der Waals surface area contributed by atoms with Crippen LogP contribution in [-0.4, -0.2) is 54.2 Å². The minimum absolute atomic E-state index is 0.0196. The molecule has 12 heteroatoms. The number of allylic oxidation sites excluding steroid dienone is 6. The van der Waals surface area contributed by atoms with Gasteiger partial charge in [-0.05, 0) is 93.4 Å². The van der Waals surface area contributed by atoms with Crippen molar-refractivity contribution in [3.8, 4) is 0 Å². The zero-order valence-corrected chi connectivity index (χ0v) is 29.6. The lowest BCUT2D eigenvalue weighted by molar-refractivity contribution is -0.143. The molecule has 0 radical (unpaired) electrons. The van der Waals surface area contributed by atoms with Crippen molar-refractivity contribution >= 4 is 11.8 Å². The van der Waals surface area contributed by atoms with Crippen LogP contribution < -0.4 is 0 Å². The number of hydrogen-bond acceptors (Lipinski definition) is 5. The molecule has 4 rings (SSSR count). The molecule has 1 saturated heterocycles. The number of amides is 1. The highest BCUT2D eigenvalue weighted by Crippen LogP contribution is 2.41. The maximum atomic E-state index is 13.6. The Hall–Kier alpha value is -3.80. The quantitative estimate of drug-likeness (QED) is 0.0798. The Bertz CT molecular complexity index is 1540. The minimum atomic E-state index is -5.03. The number of methoxy groups -OCH3 is 1. The topological polar surface area (TPSA) is 71.4 Å². The number of ether oxygens (including phenoxy) is 2. The van der Waals surface area contributed by atoms with Gasteiger partial charge in [-0.2, -0.15) is 26.3 Å². The molecule has 1 N–H and O–H groups in total. The zero-order valence-electron chi connectivity index (χ0n) is 29.6. The van der Waals surface area contributed by atoms with E-state index in [2.05, 4.69) is 20.4 Å². The molecule has 4 unspecified atom stereocenters. The molecule has 51 heavy (non-hydrogen) atoms. The number of aliphatic imine (C=N–C) groups is 1. The standard InChI is InChI=1S/C39H48F6N2O4/c1-6-7-10-27(11-8-9-18-48)24(2)12-17-35(50-5)25(3)29-15-16-34(28-13-14-28)46-33(21-29)23-47-26(4)36(51-37(47)49)30-19-31(38(40,41)42)22-32(20-30)39(43,44)45/h12,15-17,19-22,26-28,33,36,48H,3,6-11,13-14,18,23H2,1-2,4-5H3/b24-12+,35-17+. The van der Waals surface area contributed by atoms with Gasteiger partial charge in [0, 0.05) is 23.8 Å². The average molecular weight is 723 g/mol. The Morgan fingerprint density at radius 2 is 1.71 bits per heavy atom. The number of carbonyl (C=O) groups excluding carboxylic acids is 1. The number of hydrogen-bond donors (Lipinski definition) is 1. The van der Waals surface area contributed by atoms with Gasteiger partial charge in [-0.1, -0.05) is 56.6 Å². The SMILES string of the molecule is C=C(C1=CC(CN2C(=O)OC(c3cc(C(F)(F)F)cc(C(F)(F)F)c3)C2C)N=C(C2CC2)C=C1)/C(=C\C=C(/C)C(CCCC)CCCCO)OC. The van der Waals surface area contributed by atoms with E-state index in [4.69, 9.17) is 14.5 Å². The summed E-state index contributed by atoms with van der Waals surface area (Å²) >= 11 is 0. The molecule has 2 heterocycles. The van der Waals surface area contributed by atoms with Crippen LogP contribution in [0.25, 0.3) is 0 Å². The van der Waals surface area contributed by atoms with Gasteiger partial charge in [0.2, 0.25) is 0 Å². The number of benzene rings is 1. The van der Waals surface area contributed by atoms with E-state index in [0.717, 1.165) is 57.1 Å². The molecular weight excluding hydrogens is 674 g/mol. The van der Waals surface area contributed by atoms with E-state index < -0.39 is 53.3 Å². The van der Waals surface area contributed by atoms with Crippen LogP contribution in [0.15, 0.2) is 82.6 Å². The summed E-state index contributed by atoms with van der Waals surface area (Å²) in [5, 5.41) is 9.24. The van der Waals surface area contributed by atoms with Crippen LogP contribution in [0.3, 0.4) is 0 Å². The third-order valence-electron chi connectivity index (χ3n) is 9.70. The summed E-state index contributed by atoms with van der Waals surface area (Å²) in [6.45, 7) is 10.2. The second-order valence-electron chi connectivity index (χ2n) is 13.6. The summed E-state index contributed by atoms with van der Waals surface area (Å²) in [5.74, 6) is 1.15. The van der Waals surface area contributed by atoms with E-state index in [1.165, 1.54) is 17.4 Å². The van der Waals surface area contributed by atoms with Crippen LogP contribution in [-0.2, 0) is 21.8 Å². The van der Waals surface area contributed by atoms with Gasteiger partial charge >= 0.3 is 18.4 Å². The number of rotatable bonds is 16. The summed E-state index contributed by atoms with van der Waals surface area (Å²) in [5.41, 5.74) is -0.0158. The third kappa shape index (κ3) is 10.6. The molecule has 0 aromatic heterocycles. The number of alkyl halides is 6. The number of unbranched alkanes of at least 4 members (excludes halogenated alkanes) is 2. The highest BCUT2D eigenvalue weighted by atomic mass is 19.4. The van der Waals surface area contributed by atoms with Crippen LogP contribution >= 0.6 is 0 Å². The molecule has 6 nitrogen and oxygen atoms in total. The molecule has 0 spiro atoms. The molecule has 280 valence electrons. The number of halogens is 6. The number of carbonyl (C=O) groups is 1. The first-order chi connectivity index (χ1) is 24.1. The normalized spacial score (nSPS) is 22.4. The fraction of sp³-hybridized carbons (Fsp3) is 0.538. The highest BCUT2D eigenvalue weighted by molar-refractivity contribution is 5.99. The van der Waals surface area contributed by atoms with Gasteiger partial charge < -0.3 is 14.6 Å².